The normalized spacial score (nSPS) is 27.5. The van der Waals surface area contributed by atoms with E-state index in [1.54, 1.807) is 0 Å². The molecule has 0 radical (unpaired) electrons. The van der Waals surface area contributed by atoms with Crippen molar-refractivity contribution in [3.05, 3.63) is 28.3 Å². The first-order chi connectivity index (χ1) is 15.1. The molecule has 6 atom stereocenters. The van der Waals surface area contributed by atoms with E-state index in [2.05, 4.69) is 18.1 Å². The molecule has 1 aliphatic heterocycles. The highest BCUT2D eigenvalue weighted by Gasteiger charge is 2.46. The standard InChI is InChI=1S/C12H21N4O14P3/c13-3-1-2-6-4-16(12(19)15-10(6)14)11-9(18)8(17)7(28-11)5-27-32(23,24)30-33(25,26)29-31(20,21)22/h1-2,4,7-9,11,17-18H,3,5,13H2,(H,23,24)(H,25,26)(H2,14,15,19)(H2,20,21,22)/b2-1+/t7-,8+,9+,11-/m1/s1. The fourth-order valence-corrected chi connectivity index (χ4v) is 5.60. The zero-order chi connectivity index (χ0) is 25.2. The first-order valence-electron chi connectivity index (χ1n) is 8.60. The molecule has 18 nitrogen and oxygen atoms in total. The van der Waals surface area contributed by atoms with Crippen molar-refractivity contribution in [3.63, 3.8) is 0 Å². The molecule has 188 valence electrons. The summed E-state index contributed by atoms with van der Waals surface area (Å²) in [6.45, 7) is -0.905. The monoisotopic (exact) mass is 538 g/mol. The van der Waals surface area contributed by atoms with Gasteiger partial charge < -0.3 is 46.0 Å². The highest BCUT2D eigenvalue weighted by molar-refractivity contribution is 7.66. The van der Waals surface area contributed by atoms with Gasteiger partial charge in [-0.1, -0.05) is 12.2 Å². The number of nitrogens with two attached hydrogens (primary N) is 2. The van der Waals surface area contributed by atoms with Gasteiger partial charge in [0, 0.05) is 18.3 Å². The topological polar surface area (TPSA) is 296 Å². The Kier molecular flexibility index (Phi) is 8.89. The Bertz CT molecular complexity index is 1090. The minimum Gasteiger partial charge on any atom is -0.387 e. The van der Waals surface area contributed by atoms with E-state index in [0.29, 0.717) is 0 Å². The highest BCUT2D eigenvalue weighted by atomic mass is 31.3. The maximum absolute atomic E-state index is 12.2. The SMILES string of the molecule is NC/C=C/c1cn([C@@H]2O[C@H](COP(=O)(O)OP(=O)(O)OP(=O)(O)O)[C@H](O)[C@@H]2O)c(=O)nc1N. The molecule has 1 aliphatic rings. The molecule has 1 aromatic rings. The van der Waals surface area contributed by atoms with E-state index in [0.717, 1.165) is 10.8 Å². The summed E-state index contributed by atoms with van der Waals surface area (Å²) in [5, 5.41) is 20.4. The van der Waals surface area contributed by atoms with Gasteiger partial charge in [0.1, 0.15) is 24.1 Å². The number of aromatic nitrogens is 2. The summed E-state index contributed by atoms with van der Waals surface area (Å²) in [4.78, 5) is 51.3. The van der Waals surface area contributed by atoms with Crippen molar-refractivity contribution in [3.8, 4) is 0 Å². The second-order valence-corrected chi connectivity index (χ2v) is 10.8. The fourth-order valence-electron chi connectivity index (χ4n) is 2.57. The van der Waals surface area contributed by atoms with Gasteiger partial charge in [-0.2, -0.15) is 13.6 Å². The number of nitrogens with zero attached hydrogens (tertiary/aromatic N) is 2. The molecule has 2 rings (SSSR count). The van der Waals surface area contributed by atoms with Gasteiger partial charge >= 0.3 is 29.2 Å². The molecule has 1 fully saturated rings. The van der Waals surface area contributed by atoms with Crippen LogP contribution < -0.4 is 17.2 Å². The van der Waals surface area contributed by atoms with E-state index in [9.17, 15) is 33.6 Å². The highest BCUT2D eigenvalue weighted by Crippen LogP contribution is 2.66. The molecule has 0 saturated carbocycles. The van der Waals surface area contributed by atoms with E-state index in [1.165, 1.54) is 12.2 Å². The van der Waals surface area contributed by atoms with Crippen molar-refractivity contribution in [1.82, 2.24) is 9.55 Å². The molecule has 0 amide bonds. The predicted molar refractivity (Wildman–Crippen MR) is 107 cm³/mol. The zero-order valence-electron chi connectivity index (χ0n) is 16.3. The van der Waals surface area contributed by atoms with Gasteiger partial charge in [0.25, 0.3) is 0 Å². The summed E-state index contributed by atoms with van der Waals surface area (Å²) in [7, 11) is -16.8. The summed E-state index contributed by atoms with van der Waals surface area (Å²) < 4.78 is 51.3. The molecule has 1 saturated heterocycles. The van der Waals surface area contributed by atoms with Crippen LogP contribution in [0.25, 0.3) is 6.08 Å². The summed E-state index contributed by atoms with van der Waals surface area (Å²) >= 11 is 0. The van der Waals surface area contributed by atoms with Crippen molar-refractivity contribution in [1.29, 1.82) is 0 Å². The van der Waals surface area contributed by atoms with E-state index in [4.69, 9.17) is 30.9 Å². The van der Waals surface area contributed by atoms with Crippen LogP contribution in [0.1, 0.15) is 11.8 Å². The average molecular weight is 538 g/mol. The lowest BCUT2D eigenvalue weighted by molar-refractivity contribution is -0.0541. The Morgan fingerprint density at radius 1 is 1.12 bits per heavy atom. The van der Waals surface area contributed by atoms with Crippen molar-refractivity contribution in [2.45, 2.75) is 24.5 Å². The van der Waals surface area contributed by atoms with E-state index in [-0.39, 0.29) is 17.9 Å². The second kappa shape index (κ2) is 10.5. The third-order valence-electron chi connectivity index (χ3n) is 3.87. The molecule has 2 heterocycles. The van der Waals surface area contributed by atoms with Crippen molar-refractivity contribution in [2.24, 2.45) is 5.73 Å². The van der Waals surface area contributed by atoms with Crippen molar-refractivity contribution in [2.75, 3.05) is 18.9 Å². The Hall–Kier alpha value is -1.33. The van der Waals surface area contributed by atoms with E-state index < -0.39 is 60.3 Å². The summed E-state index contributed by atoms with van der Waals surface area (Å²) in [6, 6.07) is 0. The second-order valence-electron chi connectivity index (χ2n) is 6.34. The van der Waals surface area contributed by atoms with E-state index in [1.807, 2.05) is 0 Å². The smallest absolute Gasteiger partial charge is 0.387 e. The van der Waals surface area contributed by atoms with Gasteiger partial charge in [-0.25, -0.2) is 18.5 Å². The molecule has 21 heteroatoms. The minimum atomic E-state index is -5.75. The summed E-state index contributed by atoms with van der Waals surface area (Å²) in [6.07, 6.45) is -2.62. The van der Waals surface area contributed by atoms with Gasteiger partial charge in [0.15, 0.2) is 6.23 Å². The Morgan fingerprint density at radius 2 is 1.76 bits per heavy atom. The number of aliphatic hydroxyl groups is 2. The zero-order valence-corrected chi connectivity index (χ0v) is 19.0. The fraction of sp³-hybridized carbons (Fsp3) is 0.500. The van der Waals surface area contributed by atoms with Gasteiger partial charge in [0.05, 0.1) is 6.61 Å². The Labute approximate surface area is 184 Å². The summed E-state index contributed by atoms with van der Waals surface area (Å²) in [5.74, 6) is -0.154. The molecule has 0 aromatic carbocycles. The quantitative estimate of drug-likeness (QED) is 0.146. The van der Waals surface area contributed by atoms with Gasteiger partial charge in [0.2, 0.25) is 0 Å². The predicted octanol–water partition coefficient (Wildman–Crippen LogP) is -2.24. The van der Waals surface area contributed by atoms with Crippen LogP contribution in [-0.4, -0.2) is 70.8 Å². The molecule has 0 bridgehead atoms. The third kappa shape index (κ3) is 7.85. The Morgan fingerprint density at radius 3 is 2.33 bits per heavy atom. The number of hydrogen-bond donors (Lipinski definition) is 8. The van der Waals surface area contributed by atoms with Crippen molar-refractivity contribution < 1.29 is 61.4 Å². The molecular weight excluding hydrogens is 517 g/mol. The maximum Gasteiger partial charge on any atom is 0.490 e. The van der Waals surface area contributed by atoms with E-state index >= 15 is 0 Å². The minimum absolute atomic E-state index is 0.141. The number of nitrogen functional groups attached to an aromatic ring is 1. The molecule has 33 heavy (non-hydrogen) atoms. The van der Waals surface area contributed by atoms with Crippen molar-refractivity contribution >= 4 is 35.4 Å². The number of aliphatic hydroxyl groups excluding tert-OH is 2. The van der Waals surface area contributed by atoms with Crippen LogP contribution in [0.5, 0.6) is 0 Å². The van der Waals surface area contributed by atoms with Crippen LogP contribution in [0.2, 0.25) is 0 Å². The largest absolute Gasteiger partial charge is 0.490 e. The first kappa shape index (κ1) is 27.9. The number of rotatable bonds is 10. The van der Waals surface area contributed by atoms with Crippen LogP contribution in [-0.2, 0) is 31.6 Å². The lowest BCUT2D eigenvalue weighted by Crippen LogP contribution is -2.36. The number of hydrogen-bond acceptors (Lipinski definition) is 13. The molecule has 1 aromatic heterocycles. The average Bonchev–Trinajstić information content (AvgIpc) is 2.91. The molecule has 0 spiro atoms. The number of ether oxygens (including phenoxy) is 1. The van der Waals surface area contributed by atoms with Crippen LogP contribution in [0.15, 0.2) is 17.1 Å². The molecule has 0 aliphatic carbocycles. The van der Waals surface area contributed by atoms with Crippen LogP contribution in [0.3, 0.4) is 0 Å². The van der Waals surface area contributed by atoms with Crippen LogP contribution in [0.4, 0.5) is 5.82 Å². The number of phosphoric ester groups is 1. The third-order valence-corrected chi connectivity index (χ3v) is 7.68. The number of anilines is 1. The maximum atomic E-state index is 12.2. The van der Waals surface area contributed by atoms with Crippen LogP contribution in [0, 0.1) is 0 Å². The number of phosphoric acid groups is 3. The summed E-state index contributed by atoms with van der Waals surface area (Å²) in [5.41, 5.74) is 10.2. The lowest BCUT2D eigenvalue weighted by atomic mass is 10.1. The molecular formula is C12H21N4O14P3. The van der Waals surface area contributed by atoms with Crippen LogP contribution >= 0.6 is 23.5 Å². The first-order valence-corrected chi connectivity index (χ1v) is 13.1. The van der Waals surface area contributed by atoms with Gasteiger partial charge in [-0.3, -0.25) is 9.09 Å². The Balaban J connectivity index is 2.14. The van der Waals surface area contributed by atoms with Gasteiger partial charge in [-0.05, 0) is 0 Å². The molecule has 10 N–H and O–H groups in total. The molecule has 2 unspecified atom stereocenters. The van der Waals surface area contributed by atoms with Gasteiger partial charge in [-0.15, -0.1) is 0 Å². The lowest BCUT2D eigenvalue weighted by Gasteiger charge is -2.19.